The molecule has 158 valence electrons. The van der Waals surface area contributed by atoms with Crippen LogP contribution in [0.25, 0.3) is 0 Å². The first-order valence-electron chi connectivity index (χ1n) is 10.1. The van der Waals surface area contributed by atoms with Crippen molar-refractivity contribution in [2.75, 3.05) is 11.5 Å². The summed E-state index contributed by atoms with van der Waals surface area (Å²) in [4.78, 5) is 27.8. The average molecular weight is 436 g/mol. The van der Waals surface area contributed by atoms with Crippen molar-refractivity contribution in [1.29, 1.82) is 0 Å². The van der Waals surface area contributed by atoms with E-state index in [2.05, 4.69) is 0 Å². The van der Waals surface area contributed by atoms with Crippen molar-refractivity contribution < 1.29 is 19.4 Å². The van der Waals surface area contributed by atoms with Crippen LogP contribution < -0.4 is 9.64 Å². The van der Waals surface area contributed by atoms with Gasteiger partial charge in [-0.3, -0.25) is 9.59 Å². The largest absolute Gasteiger partial charge is 0.494 e. The number of aliphatic hydroxyl groups is 1. The van der Waals surface area contributed by atoms with Crippen LogP contribution in [-0.2, 0) is 16.9 Å². The van der Waals surface area contributed by atoms with Crippen molar-refractivity contribution in [2.45, 2.75) is 25.5 Å². The Hall–Kier alpha value is -3.15. The van der Waals surface area contributed by atoms with E-state index in [1.807, 2.05) is 25.1 Å². The minimum Gasteiger partial charge on any atom is -0.494 e. The lowest BCUT2D eigenvalue weighted by Gasteiger charge is -2.23. The Morgan fingerprint density at radius 3 is 2.42 bits per heavy atom. The van der Waals surface area contributed by atoms with E-state index in [9.17, 15) is 14.7 Å². The number of hydrogen-bond acceptors (Lipinski definition) is 4. The number of ether oxygens (including phenoxy) is 1. The van der Waals surface area contributed by atoms with Crippen LogP contribution in [0.1, 0.15) is 34.8 Å². The Balaban J connectivity index is 1.63. The molecule has 1 amide bonds. The lowest BCUT2D eigenvalue weighted by molar-refractivity contribution is -0.136. The fourth-order valence-electron chi connectivity index (χ4n) is 3.87. The number of anilines is 1. The molecule has 1 aliphatic rings. The number of fused-ring (bicyclic) bond motifs is 1. The topological polar surface area (TPSA) is 66.8 Å². The molecule has 0 bridgehead atoms. The second-order valence-corrected chi connectivity index (χ2v) is 7.82. The maximum Gasteiger partial charge on any atom is 0.264 e. The summed E-state index contributed by atoms with van der Waals surface area (Å²) < 4.78 is 5.41. The summed E-state index contributed by atoms with van der Waals surface area (Å²) >= 11 is 6.28. The average Bonchev–Trinajstić information content (AvgIpc) is 2.98. The number of carbonyl (C=O) groups excluding carboxylic acids is 2. The predicted octanol–water partition coefficient (Wildman–Crippen LogP) is 4.75. The summed E-state index contributed by atoms with van der Waals surface area (Å²) in [6.45, 7) is 2.61. The molecule has 0 fully saturated rings. The highest BCUT2D eigenvalue weighted by Gasteiger charge is 2.50. The number of nitrogens with zero attached hydrogens (tertiary/aromatic N) is 1. The van der Waals surface area contributed by atoms with Crippen LogP contribution in [-0.4, -0.2) is 23.4 Å². The van der Waals surface area contributed by atoms with Crippen LogP contribution in [0.4, 0.5) is 5.69 Å². The van der Waals surface area contributed by atoms with Crippen LogP contribution in [0.15, 0.2) is 72.8 Å². The highest BCUT2D eigenvalue weighted by Crippen LogP contribution is 2.43. The number of benzene rings is 3. The number of Topliss-reactive ketones (excluding diaryl/α,β-unsaturated/α-hetero) is 1. The van der Waals surface area contributed by atoms with Gasteiger partial charge in [0.05, 0.1) is 25.3 Å². The lowest BCUT2D eigenvalue weighted by Crippen LogP contribution is -2.41. The molecule has 0 saturated carbocycles. The Kier molecular flexibility index (Phi) is 5.81. The van der Waals surface area contributed by atoms with Crippen molar-refractivity contribution in [3.8, 4) is 5.75 Å². The number of amides is 1. The smallest absolute Gasteiger partial charge is 0.264 e. The van der Waals surface area contributed by atoms with Gasteiger partial charge in [-0.1, -0.05) is 48.0 Å². The van der Waals surface area contributed by atoms with Crippen LogP contribution in [0.5, 0.6) is 5.75 Å². The van der Waals surface area contributed by atoms with Gasteiger partial charge in [0.2, 0.25) is 0 Å². The molecule has 31 heavy (non-hydrogen) atoms. The van der Waals surface area contributed by atoms with E-state index in [4.69, 9.17) is 16.3 Å². The van der Waals surface area contributed by atoms with Crippen molar-refractivity contribution in [3.63, 3.8) is 0 Å². The number of halogens is 1. The Bertz CT molecular complexity index is 1130. The lowest BCUT2D eigenvalue weighted by atomic mass is 9.88. The minimum atomic E-state index is -1.94. The summed E-state index contributed by atoms with van der Waals surface area (Å²) in [6.07, 6.45) is -0.351. The first-order chi connectivity index (χ1) is 14.9. The van der Waals surface area contributed by atoms with Crippen molar-refractivity contribution in [1.82, 2.24) is 0 Å². The molecule has 5 nitrogen and oxygen atoms in total. The molecule has 1 aliphatic heterocycles. The number of para-hydroxylation sites is 1. The molecule has 1 N–H and O–H groups in total. The van der Waals surface area contributed by atoms with Gasteiger partial charge in [-0.2, -0.15) is 0 Å². The zero-order chi connectivity index (χ0) is 22.0. The summed E-state index contributed by atoms with van der Waals surface area (Å²) in [5, 5.41) is 12.0. The molecule has 0 radical (unpaired) electrons. The predicted molar refractivity (Wildman–Crippen MR) is 120 cm³/mol. The van der Waals surface area contributed by atoms with E-state index in [1.165, 1.54) is 4.90 Å². The van der Waals surface area contributed by atoms with Gasteiger partial charge in [0.25, 0.3) is 5.91 Å². The Morgan fingerprint density at radius 2 is 1.71 bits per heavy atom. The molecule has 0 aliphatic carbocycles. The number of ketones is 1. The molecular formula is C25H22ClNO4. The third kappa shape index (κ3) is 3.94. The molecule has 1 heterocycles. The first kappa shape index (κ1) is 21.1. The SMILES string of the molecule is CCOc1ccc(C(=O)C[C@@]2(O)C(=O)N(Cc3ccccc3Cl)c3ccccc32)cc1. The maximum absolute atomic E-state index is 13.4. The molecule has 6 heteroatoms. The minimum absolute atomic E-state index is 0.203. The molecule has 0 aromatic heterocycles. The monoisotopic (exact) mass is 435 g/mol. The van der Waals surface area contributed by atoms with Crippen LogP contribution >= 0.6 is 11.6 Å². The molecule has 0 unspecified atom stereocenters. The van der Waals surface area contributed by atoms with E-state index in [-0.39, 0.29) is 18.7 Å². The van der Waals surface area contributed by atoms with E-state index in [0.29, 0.717) is 34.2 Å². The summed E-state index contributed by atoms with van der Waals surface area (Å²) in [5.41, 5.74) is 0.231. The third-order valence-electron chi connectivity index (χ3n) is 5.43. The van der Waals surface area contributed by atoms with Gasteiger partial charge in [-0.15, -0.1) is 0 Å². The molecule has 4 rings (SSSR count). The number of hydrogen-bond donors (Lipinski definition) is 1. The van der Waals surface area contributed by atoms with E-state index in [1.54, 1.807) is 54.6 Å². The fraction of sp³-hybridized carbons (Fsp3) is 0.200. The van der Waals surface area contributed by atoms with Gasteiger partial charge in [-0.25, -0.2) is 0 Å². The fourth-order valence-corrected chi connectivity index (χ4v) is 4.07. The van der Waals surface area contributed by atoms with Gasteiger partial charge in [0.1, 0.15) is 5.75 Å². The number of carbonyl (C=O) groups is 2. The summed E-state index contributed by atoms with van der Waals surface area (Å²) in [6, 6.07) is 20.9. The van der Waals surface area contributed by atoms with E-state index in [0.717, 1.165) is 5.56 Å². The van der Waals surface area contributed by atoms with Crippen LogP contribution in [0.3, 0.4) is 0 Å². The highest BCUT2D eigenvalue weighted by atomic mass is 35.5. The van der Waals surface area contributed by atoms with Crippen LogP contribution in [0.2, 0.25) is 5.02 Å². The zero-order valence-electron chi connectivity index (χ0n) is 17.0. The van der Waals surface area contributed by atoms with Gasteiger partial charge in [0.15, 0.2) is 11.4 Å². The number of rotatable bonds is 7. The van der Waals surface area contributed by atoms with Crippen molar-refractivity contribution in [2.24, 2.45) is 0 Å². The molecule has 0 saturated heterocycles. The first-order valence-corrected chi connectivity index (χ1v) is 10.4. The Labute approximate surface area is 185 Å². The van der Waals surface area contributed by atoms with Crippen molar-refractivity contribution in [3.05, 3.63) is 94.5 Å². The second-order valence-electron chi connectivity index (χ2n) is 7.42. The zero-order valence-corrected chi connectivity index (χ0v) is 17.8. The van der Waals surface area contributed by atoms with Crippen LogP contribution in [0, 0.1) is 0 Å². The third-order valence-corrected chi connectivity index (χ3v) is 5.80. The molecule has 1 atom stereocenters. The standard InChI is InChI=1S/C25H22ClNO4/c1-2-31-19-13-11-17(12-14-19)23(28)15-25(30)20-8-4-6-10-22(20)27(24(25)29)16-18-7-3-5-9-21(18)26/h3-14,30H,2,15-16H2,1H3/t25-/m0/s1. The molecule has 3 aromatic carbocycles. The van der Waals surface area contributed by atoms with E-state index < -0.39 is 11.5 Å². The normalized spacial score (nSPS) is 17.5. The molecule has 0 spiro atoms. The van der Waals surface area contributed by atoms with Gasteiger partial charge < -0.3 is 14.7 Å². The highest BCUT2D eigenvalue weighted by molar-refractivity contribution is 6.31. The van der Waals surface area contributed by atoms with Gasteiger partial charge in [0, 0.05) is 16.1 Å². The van der Waals surface area contributed by atoms with E-state index >= 15 is 0 Å². The molecular weight excluding hydrogens is 414 g/mol. The Morgan fingerprint density at radius 1 is 1.03 bits per heavy atom. The van der Waals surface area contributed by atoms with Gasteiger partial charge in [-0.05, 0) is 48.9 Å². The maximum atomic E-state index is 13.4. The summed E-state index contributed by atoms with van der Waals surface area (Å²) in [5.74, 6) is -0.202. The molecule has 3 aromatic rings. The van der Waals surface area contributed by atoms with Crippen molar-refractivity contribution >= 4 is 29.0 Å². The second kappa shape index (κ2) is 8.53. The quantitative estimate of drug-likeness (QED) is 0.544. The summed E-state index contributed by atoms with van der Waals surface area (Å²) in [7, 11) is 0. The van der Waals surface area contributed by atoms with Gasteiger partial charge >= 0.3 is 0 Å².